The van der Waals surface area contributed by atoms with Crippen molar-refractivity contribution in [3.63, 3.8) is 0 Å². The normalized spacial score (nSPS) is 13.8. The number of rotatable bonds is 7. The van der Waals surface area contributed by atoms with E-state index in [1.54, 1.807) is 0 Å². The Morgan fingerprint density at radius 3 is 1.82 bits per heavy atom. The van der Waals surface area contributed by atoms with E-state index in [4.69, 9.17) is 0 Å². The molecule has 28 heavy (non-hydrogen) atoms. The van der Waals surface area contributed by atoms with Crippen molar-refractivity contribution < 1.29 is 5.11 Å². The number of aryl methyl sites for hydroxylation is 2. The van der Waals surface area contributed by atoms with Crippen molar-refractivity contribution in [2.45, 2.75) is 38.2 Å². The maximum Gasteiger partial charge on any atom is 0.100 e. The Balaban J connectivity index is 1.73. The Morgan fingerprint density at radius 2 is 1.25 bits per heavy atom. The fraction of sp³-hybridized carbons (Fsp3) is 0.259. The lowest BCUT2D eigenvalue weighted by molar-refractivity contribution is 0.0142. The average molecular weight is 369 g/mol. The third kappa shape index (κ3) is 5.59. The minimum atomic E-state index is -0.976. The summed E-state index contributed by atoms with van der Waals surface area (Å²) in [6.07, 6.45) is 3.47. The van der Waals surface area contributed by atoms with Gasteiger partial charge in [-0.25, -0.2) is 0 Å². The second-order valence-corrected chi connectivity index (χ2v) is 7.40. The minimum Gasteiger partial charge on any atom is -0.384 e. The van der Waals surface area contributed by atoms with Gasteiger partial charge in [-0.05, 0) is 42.9 Å². The minimum absolute atomic E-state index is 0.120. The van der Waals surface area contributed by atoms with Crippen LogP contribution in [0.5, 0.6) is 0 Å². The molecule has 0 bridgehead atoms. The molecule has 0 aliphatic rings. The monoisotopic (exact) mass is 368 g/mol. The van der Waals surface area contributed by atoms with Crippen LogP contribution in [0.25, 0.3) is 0 Å². The van der Waals surface area contributed by atoms with E-state index < -0.39 is 5.60 Å². The Morgan fingerprint density at radius 1 is 0.750 bits per heavy atom. The zero-order chi connectivity index (χ0) is 19.7. The van der Waals surface area contributed by atoms with Gasteiger partial charge in [-0.2, -0.15) is 0 Å². The molecule has 1 N–H and O–H groups in total. The molecule has 3 rings (SSSR count). The lowest BCUT2D eigenvalue weighted by Crippen LogP contribution is -2.31. The van der Waals surface area contributed by atoms with E-state index in [1.165, 1.54) is 11.1 Å². The van der Waals surface area contributed by atoms with Crippen molar-refractivity contribution in [2.24, 2.45) is 5.92 Å². The van der Waals surface area contributed by atoms with E-state index in [1.807, 2.05) is 49.4 Å². The molecule has 1 heteroatoms. The largest absolute Gasteiger partial charge is 0.384 e. The maximum atomic E-state index is 11.3. The van der Waals surface area contributed by atoms with Crippen molar-refractivity contribution in [2.75, 3.05) is 0 Å². The number of benzene rings is 3. The quantitative estimate of drug-likeness (QED) is 0.524. The first-order valence-corrected chi connectivity index (χ1v) is 10.0. The Labute approximate surface area is 169 Å². The van der Waals surface area contributed by atoms with Gasteiger partial charge in [-0.15, -0.1) is 5.92 Å². The van der Waals surface area contributed by atoms with Gasteiger partial charge in [-0.3, -0.25) is 0 Å². The predicted octanol–water partition coefficient (Wildman–Crippen LogP) is 5.78. The second kappa shape index (κ2) is 9.93. The summed E-state index contributed by atoms with van der Waals surface area (Å²) in [4.78, 5) is 0. The van der Waals surface area contributed by atoms with E-state index in [-0.39, 0.29) is 5.92 Å². The van der Waals surface area contributed by atoms with Crippen LogP contribution in [0.15, 0.2) is 91.0 Å². The van der Waals surface area contributed by atoms with Crippen LogP contribution in [0.2, 0.25) is 0 Å². The molecule has 0 spiro atoms. The van der Waals surface area contributed by atoms with Crippen LogP contribution in [-0.4, -0.2) is 5.11 Å². The summed E-state index contributed by atoms with van der Waals surface area (Å²) < 4.78 is 0. The van der Waals surface area contributed by atoms with Crippen molar-refractivity contribution >= 4 is 0 Å². The van der Waals surface area contributed by atoms with Crippen LogP contribution in [0.1, 0.15) is 36.5 Å². The van der Waals surface area contributed by atoms with Crippen molar-refractivity contribution in [1.29, 1.82) is 0 Å². The molecule has 0 aliphatic carbocycles. The molecule has 142 valence electrons. The molecule has 0 fully saturated rings. The fourth-order valence-electron chi connectivity index (χ4n) is 3.47. The van der Waals surface area contributed by atoms with Gasteiger partial charge in [0.1, 0.15) is 5.60 Å². The van der Waals surface area contributed by atoms with E-state index in [0.717, 1.165) is 31.2 Å². The fourth-order valence-corrected chi connectivity index (χ4v) is 3.47. The molecule has 0 aromatic heterocycles. The Kier molecular flexibility index (Phi) is 7.06. The van der Waals surface area contributed by atoms with E-state index in [9.17, 15) is 5.11 Å². The van der Waals surface area contributed by atoms with Crippen LogP contribution >= 0.6 is 0 Å². The topological polar surface area (TPSA) is 20.2 Å². The molecule has 2 unspecified atom stereocenters. The van der Waals surface area contributed by atoms with Crippen LogP contribution in [0.3, 0.4) is 0 Å². The van der Waals surface area contributed by atoms with E-state index in [2.05, 4.69) is 60.4 Å². The van der Waals surface area contributed by atoms with Crippen LogP contribution < -0.4 is 0 Å². The number of aliphatic hydroxyl groups is 1. The lowest BCUT2D eigenvalue weighted by atomic mass is 9.80. The third-order valence-corrected chi connectivity index (χ3v) is 5.26. The highest BCUT2D eigenvalue weighted by Crippen LogP contribution is 2.32. The average Bonchev–Trinajstić information content (AvgIpc) is 2.75. The van der Waals surface area contributed by atoms with Gasteiger partial charge in [0, 0.05) is 6.42 Å². The van der Waals surface area contributed by atoms with Crippen LogP contribution in [-0.2, 0) is 18.4 Å². The zero-order valence-corrected chi connectivity index (χ0v) is 16.5. The molecule has 0 saturated heterocycles. The van der Waals surface area contributed by atoms with Crippen LogP contribution in [0.4, 0.5) is 0 Å². The first kappa shape index (κ1) is 19.9. The van der Waals surface area contributed by atoms with Gasteiger partial charge in [0.2, 0.25) is 0 Å². The summed E-state index contributed by atoms with van der Waals surface area (Å²) in [5.41, 5.74) is 2.52. The molecule has 0 saturated carbocycles. The molecule has 2 atom stereocenters. The summed E-state index contributed by atoms with van der Waals surface area (Å²) in [6.45, 7) is 1.89. The third-order valence-electron chi connectivity index (χ3n) is 5.26. The summed E-state index contributed by atoms with van der Waals surface area (Å²) in [5.74, 6) is 6.62. The number of hydrogen-bond donors (Lipinski definition) is 1. The lowest BCUT2D eigenvalue weighted by Gasteiger charge is -2.30. The first-order chi connectivity index (χ1) is 13.7. The summed E-state index contributed by atoms with van der Waals surface area (Å²) in [6, 6.07) is 30.7. The molecule has 0 radical (unpaired) electrons. The SMILES string of the molecule is CC(O)(c1ccccc1)C(C#CCCc1ccccc1)CCc1ccccc1. The molecule has 0 heterocycles. The highest BCUT2D eigenvalue weighted by atomic mass is 16.3. The molecular weight excluding hydrogens is 340 g/mol. The Bertz CT molecular complexity index is 887. The van der Waals surface area contributed by atoms with E-state index >= 15 is 0 Å². The van der Waals surface area contributed by atoms with Crippen molar-refractivity contribution in [1.82, 2.24) is 0 Å². The highest BCUT2D eigenvalue weighted by molar-refractivity contribution is 5.27. The van der Waals surface area contributed by atoms with Gasteiger partial charge < -0.3 is 5.11 Å². The van der Waals surface area contributed by atoms with Gasteiger partial charge in [0.25, 0.3) is 0 Å². The summed E-state index contributed by atoms with van der Waals surface area (Å²) >= 11 is 0. The molecule has 3 aromatic rings. The van der Waals surface area contributed by atoms with Crippen molar-refractivity contribution in [3.8, 4) is 11.8 Å². The molecular formula is C27H28O. The second-order valence-electron chi connectivity index (χ2n) is 7.40. The molecule has 0 aliphatic heterocycles. The van der Waals surface area contributed by atoms with Gasteiger partial charge >= 0.3 is 0 Å². The van der Waals surface area contributed by atoms with Gasteiger partial charge in [-0.1, -0.05) is 96.9 Å². The molecule has 3 aromatic carbocycles. The maximum absolute atomic E-state index is 11.3. The van der Waals surface area contributed by atoms with Gasteiger partial charge in [0.15, 0.2) is 0 Å². The zero-order valence-electron chi connectivity index (χ0n) is 16.5. The first-order valence-electron chi connectivity index (χ1n) is 10.0. The summed E-state index contributed by atoms with van der Waals surface area (Å²) in [5, 5.41) is 11.3. The highest BCUT2D eigenvalue weighted by Gasteiger charge is 2.32. The molecule has 1 nitrogen and oxygen atoms in total. The summed E-state index contributed by atoms with van der Waals surface area (Å²) in [7, 11) is 0. The van der Waals surface area contributed by atoms with Crippen LogP contribution in [0, 0.1) is 17.8 Å². The van der Waals surface area contributed by atoms with Crippen molar-refractivity contribution in [3.05, 3.63) is 108 Å². The standard InChI is InChI=1S/C27H28O/c1-27(28,25-18-9-4-10-19-25)26(22-21-24-15-7-3-8-16-24)20-12-11-17-23-13-5-2-6-14-23/h2-10,13-16,18-19,26,28H,11,17,21-22H2,1H3. The van der Waals surface area contributed by atoms with Gasteiger partial charge in [0.05, 0.1) is 5.92 Å². The molecule has 0 amide bonds. The Hall–Kier alpha value is -2.82. The van der Waals surface area contributed by atoms with E-state index in [0.29, 0.717) is 0 Å². The predicted molar refractivity (Wildman–Crippen MR) is 117 cm³/mol. The number of hydrogen-bond acceptors (Lipinski definition) is 1. The smallest absolute Gasteiger partial charge is 0.100 e.